The molecule has 0 amide bonds. The van der Waals surface area contributed by atoms with Crippen LogP contribution in [0.5, 0.6) is 5.75 Å². The Bertz CT molecular complexity index is 649. The van der Waals surface area contributed by atoms with Crippen molar-refractivity contribution in [3.8, 4) is 5.75 Å². The van der Waals surface area contributed by atoms with Crippen molar-refractivity contribution in [3.05, 3.63) is 44.8 Å². The minimum absolute atomic E-state index is 0.0313. The van der Waals surface area contributed by atoms with E-state index in [4.69, 9.17) is 0 Å². The van der Waals surface area contributed by atoms with Gasteiger partial charge in [0.2, 0.25) is 0 Å². The molecule has 1 aromatic carbocycles. The molecular formula is C13H16N2O5. The van der Waals surface area contributed by atoms with Gasteiger partial charge in [-0.25, -0.2) is 4.79 Å². The molecule has 0 radical (unpaired) electrons. The molecule has 0 fully saturated rings. The summed E-state index contributed by atoms with van der Waals surface area (Å²) in [5.41, 5.74) is -2.21. The third-order valence-corrected chi connectivity index (χ3v) is 2.50. The topological polar surface area (TPSA) is 113 Å². The van der Waals surface area contributed by atoms with E-state index in [-0.39, 0.29) is 11.0 Å². The van der Waals surface area contributed by atoms with E-state index in [1.54, 1.807) is 6.07 Å². The maximum absolute atomic E-state index is 11.5. The zero-order valence-corrected chi connectivity index (χ0v) is 11.3. The summed E-state index contributed by atoms with van der Waals surface area (Å²) in [5.74, 6) is -0.910. The van der Waals surface area contributed by atoms with E-state index in [0.717, 1.165) is 0 Å². The van der Waals surface area contributed by atoms with E-state index in [0.29, 0.717) is 0 Å². The van der Waals surface area contributed by atoms with Gasteiger partial charge in [0.25, 0.3) is 0 Å². The Morgan fingerprint density at radius 1 is 1.25 bits per heavy atom. The molecule has 0 unspecified atom stereocenters. The van der Waals surface area contributed by atoms with Gasteiger partial charge in [0, 0.05) is 5.39 Å². The fraction of sp³-hybridized carbons (Fsp3) is 0.308. The predicted molar refractivity (Wildman–Crippen MR) is 71.6 cm³/mol. The molecule has 2 rings (SSSR count). The highest BCUT2D eigenvalue weighted by molar-refractivity contribution is 5.85. The Kier molecular flexibility index (Phi) is 5.67. The molecule has 1 heterocycles. The molecule has 7 nitrogen and oxygen atoms in total. The number of hydrogen-bond donors (Lipinski definition) is 1. The third kappa shape index (κ3) is 3.55. The van der Waals surface area contributed by atoms with E-state index in [1.807, 2.05) is 0 Å². The van der Waals surface area contributed by atoms with Crippen molar-refractivity contribution < 1.29 is 19.8 Å². The Morgan fingerprint density at radius 3 is 2.35 bits per heavy atom. The van der Waals surface area contributed by atoms with Gasteiger partial charge in [-0.2, -0.15) is 0 Å². The highest BCUT2D eigenvalue weighted by Crippen LogP contribution is 2.27. The molecule has 2 aromatic rings. The number of quaternary nitrogens is 1. The van der Waals surface area contributed by atoms with Crippen molar-refractivity contribution in [1.29, 1.82) is 0 Å². The third-order valence-electron chi connectivity index (χ3n) is 2.50. The first-order valence-electron chi connectivity index (χ1n) is 6.21. The molecule has 0 aliphatic carbocycles. The summed E-state index contributed by atoms with van der Waals surface area (Å²) in [4.78, 5) is 20.5. The van der Waals surface area contributed by atoms with Crippen LogP contribution in [0.2, 0.25) is 0 Å². The summed E-state index contributed by atoms with van der Waals surface area (Å²) < 4.78 is 4.64. The summed E-state index contributed by atoms with van der Waals surface area (Å²) in [6.45, 7) is 6.75. The molecule has 108 valence electrons. The number of nitrogens with two attached hydrogens (primary N) is 1. The summed E-state index contributed by atoms with van der Waals surface area (Å²) in [5, 5.41) is 24.2. The van der Waals surface area contributed by atoms with Crippen molar-refractivity contribution in [2.75, 3.05) is 13.1 Å². The normalized spacial score (nSPS) is 9.90. The fourth-order valence-corrected chi connectivity index (χ4v) is 1.56. The summed E-state index contributed by atoms with van der Waals surface area (Å²) in [6.07, 6.45) is 0. The average Bonchev–Trinajstić information content (AvgIpc) is 2.40. The zero-order valence-electron chi connectivity index (χ0n) is 11.3. The molecule has 1 aromatic heterocycles. The highest BCUT2D eigenvalue weighted by Gasteiger charge is 2.17. The van der Waals surface area contributed by atoms with Crippen LogP contribution in [0.15, 0.2) is 33.5 Å². The fourth-order valence-electron chi connectivity index (χ4n) is 1.56. The van der Waals surface area contributed by atoms with Crippen LogP contribution < -0.4 is 16.0 Å². The maximum Gasteiger partial charge on any atom is 0.414 e. The quantitative estimate of drug-likeness (QED) is 0.495. The second-order valence-electron chi connectivity index (χ2n) is 3.93. The van der Waals surface area contributed by atoms with Crippen molar-refractivity contribution in [2.24, 2.45) is 0 Å². The number of benzene rings is 1. The molecule has 0 bridgehead atoms. The predicted octanol–water partition coefficient (Wildman–Crippen LogP) is 0.364. The lowest BCUT2D eigenvalue weighted by atomic mass is 10.2. The number of rotatable bonds is 3. The number of nitrogens with zero attached hydrogens (tertiary/aromatic N) is 1. The molecule has 0 aliphatic rings. The number of hydrogen-bond acceptors (Lipinski definition) is 5. The van der Waals surface area contributed by atoms with E-state index in [9.17, 15) is 20.0 Å². The Morgan fingerprint density at radius 2 is 1.85 bits per heavy atom. The molecule has 0 spiro atoms. The van der Waals surface area contributed by atoms with Crippen molar-refractivity contribution in [1.82, 2.24) is 0 Å². The minimum atomic E-state index is -1.22. The first-order valence-corrected chi connectivity index (χ1v) is 6.21. The molecule has 2 N–H and O–H groups in total. The minimum Gasteiger partial charge on any atom is -0.867 e. The molecule has 0 saturated carbocycles. The Labute approximate surface area is 115 Å². The van der Waals surface area contributed by atoms with Gasteiger partial charge in [0.05, 0.1) is 18.0 Å². The number of fused-ring (bicyclic) bond motifs is 1. The second kappa shape index (κ2) is 7.25. The highest BCUT2D eigenvalue weighted by atomic mass is 16.6. The largest absolute Gasteiger partial charge is 0.867 e. The van der Waals surface area contributed by atoms with E-state index in [2.05, 4.69) is 23.6 Å². The standard InChI is InChI=1S/C9H5NO5.C4H11N/c11-8-5-3-1-2-4-6(5)15-9(12)7(8)10(13)14;1-3-5-4-2/h1-4,11H;5H,3-4H2,1-2H3. The van der Waals surface area contributed by atoms with Crippen LogP contribution in [0.4, 0.5) is 5.69 Å². The maximum atomic E-state index is 11.5. The van der Waals surface area contributed by atoms with Crippen molar-refractivity contribution >= 4 is 16.7 Å². The lowest BCUT2D eigenvalue weighted by Gasteiger charge is -2.07. The van der Waals surface area contributed by atoms with E-state index >= 15 is 0 Å². The van der Waals surface area contributed by atoms with Gasteiger partial charge in [-0.15, -0.1) is 0 Å². The van der Waals surface area contributed by atoms with Gasteiger partial charge in [0.15, 0.2) is 0 Å². The monoisotopic (exact) mass is 280 g/mol. The van der Waals surface area contributed by atoms with Crippen LogP contribution in [-0.2, 0) is 0 Å². The molecule has 0 atom stereocenters. The van der Waals surface area contributed by atoms with Crippen molar-refractivity contribution in [2.45, 2.75) is 13.8 Å². The molecule has 0 saturated heterocycles. The van der Waals surface area contributed by atoms with Crippen molar-refractivity contribution in [3.63, 3.8) is 0 Å². The molecule has 20 heavy (non-hydrogen) atoms. The van der Waals surface area contributed by atoms with E-state index < -0.39 is 22.0 Å². The van der Waals surface area contributed by atoms with Gasteiger partial charge in [0.1, 0.15) is 5.58 Å². The lowest BCUT2D eigenvalue weighted by molar-refractivity contribution is -0.648. The average molecular weight is 280 g/mol. The smallest absolute Gasteiger partial charge is 0.414 e. The van der Waals surface area contributed by atoms with Gasteiger partial charge < -0.3 is 14.8 Å². The van der Waals surface area contributed by atoms with Gasteiger partial charge in [-0.1, -0.05) is 18.2 Å². The molecule has 0 aliphatic heterocycles. The van der Waals surface area contributed by atoms with E-state index in [1.165, 1.54) is 31.3 Å². The molecule has 7 heteroatoms. The lowest BCUT2D eigenvalue weighted by Crippen LogP contribution is -2.82. The summed E-state index contributed by atoms with van der Waals surface area (Å²) >= 11 is 0. The van der Waals surface area contributed by atoms with Crippen LogP contribution in [0.1, 0.15) is 13.8 Å². The number of para-hydroxylation sites is 1. The second-order valence-corrected chi connectivity index (χ2v) is 3.93. The number of nitro groups is 1. The van der Waals surface area contributed by atoms with Gasteiger partial charge in [-0.3, -0.25) is 10.1 Å². The zero-order chi connectivity index (χ0) is 15.1. The van der Waals surface area contributed by atoms with Gasteiger partial charge in [-0.05, 0) is 25.7 Å². The van der Waals surface area contributed by atoms with Crippen LogP contribution in [-0.4, -0.2) is 18.0 Å². The Hall–Kier alpha value is -2.41. The molecular weight excluding hydrogens is 264 g/mol. The van der Waals surface area contributed by atoms with Gasteiger partial charge >= 0.3 is 11.3 Å². The van der Waals surface area contributed by atoms with Crippen LogP contribution in [0.3, 0.4) is 0 Å². The SMILES string of the molecule is CC[NH2+]CC.O=c1oc2ccccc2c([O-])c1[N+](=O)[O-]. The summed E-state index contributed by atoms with van der Waals surface area (Å²) in [6, 6.07) is 5.87. The first-order chi connectivity index (χ1) is 9.52. The van der Waals surface area contributed by atoms with Crippen LogP contribution >= 0.6 is 0 Å². The first kappa shape index (κ1) is 15.6. The Balaban J connectivity index is 0.000000347. The van der Waals surface area contributed by atoms with Crippen LogP contribution in [0.25, 0.3) is 11.0 Å². The van der Waals surface area contributed by atoms with Crippen LogP contribution in [0, 0.1) is 10.1 Å². The summed E-state index contributed by atoms with van der Waals surface area (Å²) in [7, 11) is 0.